The van der Waals surface area contributed by atoms with E-state index in [1.165, 1.54) is 19.3 Å². The first-order valence-corrected chi connectivity index (χ1v) is 4.14. The van der Waals surface area contributed by atoms with Gasteiger partial charge in [-0.05, 0) is 19.3 Å². The summed E-state index contributed by atoms with van der Waals surface area (Å²) < 4.78 is 1.13. The minimum Gasteiger partial charge on any atom is -0.324 e. The van der Waals surface area contributed by atoms with Gasteiger partial charge in [0, 0.05) is 9.97 Å². The Kier molecular flexibility index (Phi) is 1.58. The molecule has 1 aliphatic rings. The molecule has 0 amide bonds. The molecule has 0 aromatic carbocycles. The van der Waals surface area contributed by atoms with Crippen LogP contribution < -0.4 is 5.73 Å². The maximum Gasteiger partial charge on any atom is 0.0244 e. The molecule has 1 saturated carbocycles. The van der Waals surface area contributed by atoms with Crippen molar-refractivity contribution in [2.45, 2.75) is 24.8 Å². The second kappa shape index (κ2) is 1.90. The van der Waals surface area contributed by atoms with E-state index in [9.17, 15) is 0 Å². The minimum absolute atomic E-state index is 0.251. The molecule has 2 heteroatoms. The number of alkyl halides is 1. The molecular weight excluding hydrogens is 201 g/mol. The maximum absolute atomic E-state index is 5.79. The molecule has 0 heterocycles. The van der Waals surface area contributed by atoms with E-state index < -0.39 is 0 Å². The molecule has 1 nitrogen and oxygen atoms in total. The summed E-state index contributed by atoms with van der Waals surface area (Å²) >= 11 is 2.36. The van der Waals surface area contributed by atoms with Crippen molar-refractivity contribution < 1.29 is 0 Å². The minimum atomic E-state index is 0.251. The van der Waals surface area contributed by atoms with E-state index in [2.05, 4.69) is 22.6 Å². The van der Waals surface area contributed by atoms with Crippen molar-refractivity contribution in [3.8, 4) is 0 Å². The summed E-state index contributed by atoms with van der Waals surface area (Å²) in [6, 6.07) is 0. The monoisotopic (exact) mass is 211 g/mol. The quantitative estimate of drug-likeness (QED) is 0.513. The van der Waals surface area contributed by atoms with Crippen molar-refractivity contribution in [3.05, 3.63) is 0 Å². The van der Waals surface area contributed by atoms with Crippen molar-refractivity contribution in [3.63, 3.8) is 0 Å². The summed E-state index contributed by atoms with van der Waals surface area (Å²) in [5.74, 6) is 0. The highest BCUT2D eigenvalue weighted by molar-refractivity contribution is 14.1. The van der Waals surface area contributed by atoms with Gasteiger partial charge in [0.1, 0.15) is 0 Å². The van der Waals surface area contributed by atoms with E-state index in [4.69, 9.17) is 5.73 Å². The fourth-order valence-electron chi connectivity index (χ4n) is 0.765. The Morgan fingerprint density at radius 2 is 2.14 bits per heavy atom. The normalized spacial score (nSPS) is 26.6. The second-order valence-electron chi connectivity index (χ2n) is 2.35. The molecule has 2 N–H and O–H groups in total. The van der Waals surface area contributed by atoms with Crippen LogP contribution in [-0.2, 0) is 0 Å². The Morgan fingerprint density at radius 3 is 2.14 bits per heavy atom. The standard InChI is InChI=1S/C5H10IN/c6-4-5(7)2-1-3-5/h1-4,7H2. The number of nitrogens with two attached hydrogens (primary N) is 1. The molecule has 0 unspecified atom stereocenters. The molecule has 1 aliphatic carbocycles. The summed E-state index contributed by atoms with van der Waals surface area (Å²) in [6.07, 6.45) is 3.84. The first-order valence-electron chi connectivity index (χ1n) is 2.62. The first kappa shape index (κ1) is 5.82. The van der Waals surface area contributed by atoms with Crippen LogP contribution in [0.5, 0.6) is 0 Å². The number of halogens is 1. The summed E-state index contributed by atoms with van der Waals surface area (Å²) in [4.78, 5) is 0. The summed E-state index contributed by atoms with van der Waals surface area (Å²) in [6.45, 7) is 0. The third-order valence-electron chi connectivity index (χ3n) is 1.62. The molecule has 0 aliphatic heterocycles. The summed E-state index contributed by atoms with van der Waals surface area (Å²) in [5.41, 5.74) is 6.05. The topological polar surface area (TPSA) is 26.0 Å². The van der Waals surface area contributed by atoms with Gasteiger partial charge in [0.05, 0.1) is 0 Å². The second-order valence-corrected chi connectivity index (χ2v) is 3.11. The fourth-order valence-corrected chi connectivity index (χ4v) is 1.53. The molecule has 0 spiro atoms. The number of rotatable bonds is 1. The van der Waals surface area contributed by atoms with Gasteiger partial charge in [-0.15, -0.1) is 0 Å². The molecule has 42 valence electrons. The van der Waals surface area contributed by atoms with Crippen LogP contribution in [0.15, 0.2) is 0 Å². The van der Waals surface area contributed by atoms with Crippen LogP contribution >= 0.6 is 22.6 Å². The van der Waals surface area contributed by atoms with Crippen LogP contribution in [0.25, 0.3) is 0 Å². The van der Waals surface area contributed by atoms with Gasteiger partial charge in [-0.1, -0.05) is 22.6 Å². The summed E-state index contributed by atoms with van der Waals surface area (Å²) in [5, 5.41) is 0. The maximum atomic E-state index is 5.79. The molecule has 7 heavy (non-hydrogen) atoms. The van der Waals surface area contributed by atoms with Crippen LogP contribution in [0.1, 0.15) is 19.3 Å². The van der Waals surface area contributed by atoms with Crippen LogP contribution in [-0.4, -0.2) is 9.97 Å². The zero-order chi connectivity index (χ0) is 5.33. The van der Waals surface area contributed by atoms with Crippen molar-refractivity contribution in [1.82, 2.24) is 0 Å². The van der Waals surface area contributed by atoms with Crippen LogP contribution in [0.2, 0.25) is 0 Å². The Labute approximate surface area is 57.8 Å². The molecule has 0 saturated heterocycles. The molecule has 0 aromatic heterocycles. The van der Waals surface area contributed by atoms with E-state index in [0.29, 0.717) is 0 Å². The molecule has 0 atom stereocenters. The van der Waals surface area contributed by atoms with E-state index in [-0.39, 0.29) is 5.54 Å². The van der Waals surface area contributed by atoms with Gasteiger partial charge < -0.3 is 5.73 Å². The van der Waals surface area contributed by atoms with E-state index in [0.717, 1.165) is 4.43 Å². The Hall–Kier alpha value is 0.690. The van der Waals surface area contributed by atoms with Gasteiger partial charge in [0.25, 0.3) is 0 Å². The molecular formula is C5H10IN. The van der Waals surface area contributed by atoms with Crippen LogP contribution in [0.4, 0.5) is 0 Å². The predicted molar refractivity (Wildman–Crippen MR) is 39.7 cm³/mol. The van der Waals surface area contributed by atoms with Gasteiger partial charge in [-0.2, -0.15) is 0 Å². The number of hydrogen-bond donors (Lipinski definition) is 1. The Bertz CT molecular complexity index is 63.0. The van der Waals surface area contributed by atoms with E-state index >= 15 is 0 Å². The van der Waals surface area contributed by atoms with Crippen molar-refractivity contribution in [2.24, 2.45) is 5.73 Å². The van der Waals surface area contributed by atoms with Crippen molar-refractivity contribution in [2.75, 3.05) is 4.43 Å². The average molecular weight is 211 g/mol. The third-order valence-corrected chi connectivity index (χ3v) is 3.13. The first-order chi connectivity index (χ1) is 3.27. The average Bonchev–Trinajstić information content (AvgIpc) is 1.61. The van der Waals surface area contributed by atoms with Crippen LogP contribution in [0, 0.1) is 0 Å². The SMILES string of the molecule is NC1(CI)CCC1. The molecule has 0 radical (unpaired) electrons. The van der Waals surface area contributed by atoms with Gasteiger partial charge in [-0.25, -0.2) is 0 Å². The van der Waals surface area contributed by atoms with Crippen molar-refractivity contribution in [1.29, 1.82) is 0 Å². The molecule has 0 aromatic rings. The molecule has 1 rings (SSSR count). The zero-order valence-corrected chi connectivity index (χ0v) is 6.44. The lowest BCUT2D eigenvalue weighted by Crippen LogP contribution is -2.47. The summed E-state index contributed by atoms with van der Waals surface area (Å²) in [7, 11) is 0. The predicted octanol–water partition coefficient (Wildman–Crippen LogP) is 1.30. The van der Waals surface area contributed by atoms with Crippen LogP contribution in [0.3, 0.4) is 0 Å². The molecule has 1 fully saturated rings. The van der Waals surface area contributed by atoms with Gasteiger partial charge in [0.15, 0.2) is 0 Å². The van der Waals surface area contributed by atoms with Gasteiger partial charge in [0.2, 0.25) is 0 Å². The fraction of sp³-hybridized carbons (Fsp3) is 1.00. The lowest BCUT2D eigenvalue weighted by molar-refractivity contribution is 0.288. The highest BCUT2D eigenvalue weighted by Gasteiger charge is 2.30. The zero-order valence-electron chi connectivity index (χ0n) is 4.28. The van der Waals surface area contributed by atoms with E-state index in [1.807, 2.05) is 0 Å². The molecule has 0 bridgehead atoms. The van der Waals surface area contributed by atoms with Gasteiger partial charge in [-0.3, -0.25) is 0 Å². The largest absolute Gasteiger partial charge is 0.324 e. The highest BCUT2D eigenvalue weighted by atomic mass is 127. The Balaban J connectivity index is 2.29. The lowest BCUT2D eigenvalue weighted by Gasteiger charge is -2.36. The number of hydrogen-bond acceptors (Lipinski definition) is 1. The smallest absolute Gasteiger partial charge is 0.0244 e. The Morgan fingerprint density at radius 1 is 1.57 bits per heavy atom. The van der Waals surface area contributed by atoms with Gasteiger partial charge >= 0.3 is 0 Å². The van der Waals surface area contributed by atoms with E-state index in [1.54, 1.807) is 0 Å². The third kappa shape index (κ3) is 1.08. The highest BCUT2D eigenvalue weighted by Crippen LogP contribution is 2.30. The van der Waals surface area contributed by atoms with Crippen molar-refractivity contribution >= 4 is 22.6 Å². The lowest BCUT2D eigenvalue weighted by atomic mass is 9.80.